The highest BCUT2D eigenvalue weighted by Crippen LogP contribution is 2.34. The molecule has 0 bridgehead atoms. The van der Waals surface area contributed by atoms with Gasteiger partial charge in [0.2, 0.25) is 11.6 Å². The van der Waals surface area contributed by atoms with Gasteiger partial charge in [0.15, 0.2) is 11.5 Å². The Morgan fingerprint density at radius 2 is 1.83 bits per heavy atom. The number of ether oxygens (including phenoxy) is 4. The van der Waals surface area contributed by atoms with E-state index in [4.69, 9.17) is 24.7 Å². The summed E-state index contributed by atoms with van der Waals surface area (Å²) >= 11 is 3.24. The molecule has 0 atom stereocenters. The van der Waals surface area contributed by atoms with Crippen molar-refractivity contribution >= 4 is 21.8 Å². The number of hydrogen-bond acceptors (Lipinski definition) is 9. The molecule has 2 N–H and O–H groups in total. The molecule has 0 unspecified atom stereocenters. The number of primary amides is 1. The number of rotatable bonds is 9. The monoisotopic (exact) mass is 460 g/mol. The van der Waals surface area contributed by atoms with Crippen LogP contribution in [0.1, 0.15) is 10.6 Å². The van der Waals surface area contributed by atoms with Crippen molar-refractivity contribution in [1.29, 1.82) is 0 Å². The average molecular weight is 461 g/mol. The molecular formula is C18H15BrN5O5. The summed E-state index contributed by atoms with van der Waals surface area (Å²) in [5.74, 6) is -0.175. The van der Waals surface area contributed by atoms with E-state index in [9.17, 15) is 4.79 Å². The highest BCUT2D eigenvalue weighted by Gasteiger charge is 2.16. The van der Waals surface area contributed by atoms with Crippen LogP contribution in [0.3, 0.4) is 0 Å². The van der Waals surface area contributed by atoms with Crippen LogP contribution < -0.4 is 24.7 Å². The molecule has 0 saturated carbocycles. The van der Waals surface area contributed by atoms with Gasteiger partial charge in [0.1, 0.15) is 19.4 Å². The van der Waals surface area contributed by atoms with E-state index in [1.54, 1.807) is 36.7 Å². The zero-order chi connectivity index (χ0) is 20.6. The number of benzene rings is 1. The molecule has 0 fully saturated rings. The number of para-hydroxylation sites is 2. The summed E-state index contributed by atoms with van der Waals surface area (Å²) in [7, 11) is 1.51. The van der Waals surface area contributed by atoms with Crippen molar-refractivity contribution in [2.24, 2.45) is 5.73 Å². The maximum absolute atomic E-state index is 11.4. The number of carbonyl (C=O) groups excluding carboxylic acids is 1. The number of halogens is 1. The Bertz CT molecular complexity index is 987. The Labute approximate surface area is 174 Å². The number of aromatic nitrogens is 4. The number of methoxy groups -OCH3 is 1. The van der Waals surface area contributed by atoms with Crippen LogP contribution in [0.15, 0.2) is 41.1 Å². The van der Waals surface area contributed by atoms with Crippen molar-refractivity contribution in [3.05, 3.63) is 53.2 Å². The Hall–Kier alpha value is -3.47. The van der Waals surface area contributed by atoms with Gasteiger partial charge in [-0.25, -0.2) is 15.0 Å². The number of nitrogens with two attached hydrogens (primary N) is 1. The zero-order valence-corrected chi connectivity index (χ0v) is 16.7. The number of carbonyl (C=O) groups is 1. The lowest BCUT2D eigenvalue weighted by Gasteiger charge is -2.13. The molecule has 1 radical (unpaired) electrons. The van der Waals surface area contributed by atoms with E-state index in [1.807, 2.05) is 0 Å². The van der Waals surface area contributed by atoms with Crippen LogP contribution in [0.2, 0.25) is 0 Å². The van der Waals surface area contributed by atoms with Gasteiger partial charge in [-0.3, -0.25) is 4.79 Å². The number of nitrogens with zero attached hydrogens (tertiary/aromatic N) is 4. The zero-order valence-electron chi connectivity index (χ0n) is 15.2. The van der Waals surface area contributed by atoms with Gasteiger partial charge in [-0.2, -0.15) is 4.98 Å². The summed E-state index contributed by atoms with van der Waals surface area (Å²) in [6, 6.07) is 7.16. The van der Waals surface area contributed by atoms with Crippen molar-refractivity contribution in [3.8, 4) is 29.1 Å². The molecule has 0 aliphatic rings. The van der Waals surface area contributed by atoms with Crippen molar-refractivity contribution in [1.82, 2.24) is 19.9 Å². The van der Waals surface area contributed by atoms with Gasteiger partial charge >= 0.3 is 6.01 Å². The minimum absolute atomic E-state index is 0.0277. The molecule has 0 aliphatic carbocycles. The average Bonchev–Trinajstić information content (AvgIpc) is 2.73. The number of hydrogen-bond donors (Lipinski definition) is 1. The van der Waals surface area contributed by atoms with Gasteiger partial charge in [-0.1, -0.05) is 12.1 Å². The molecule has 2 heterocycles. The molecule has 0 saturated heterocycles. The van der Waals surface area contributed by atoms with E-state index in [0.29, 0.717) is 11.5 Å². The second kappa shape index (κ2) is 9.64. The summed E-state index contributed by atoms with van der Waals surface area (Å²) in [5.41, 5.74) is 5.23. The highest BCUT2D eigenvalue weighted by molar-refractivity contribution is 9.10. The molecule has 10 nitrogen and oxygen atoms in total. The van der Waals surface area contributed by atoms with Crippen LogP contribution in [0.25, 0.3) is 0 Å². The summed E-state index contributed by atoms with van der Waals surface area (Å²) in [6.45, 7) is 0.177. The fourth-order valence-corrected chi connectivity index (χ4v) is 2.26. The van der Waals surface area contributed by atoms with E-state index >= 15 is 0 Å². The minimum atomic E-state index is -0.825. The maximum atomic E-state index is 11.4. The summed E-state index contributed by atoms with van der Waals surface area (Å²) in [6.07, 6.45) is 5.68. The van der Waals surface area contributed by atoms with Gasteiger partial charge in [0.05, 0.1) is 11.6 Å². The quantitative estimate of drug-likeness (QED) is 0.476. The molecule has 1 aromatic carbocycles. The Morgan fingerprint density at radius 3 is 2.52 bits per heavy atom. The van der Waals surface area contributed by atoms with Gasteiger partial charge in [0.25, 0.3) is 11.8 Å². The van der Waals surface area contributed by atoms with E-state index < -0.39 is 5.91 Å². The molecule has 11 heteroatoms. The Morgan fingerprint density at radius 1 is 1.14 bits per heavy atom. The maximum Gasteiger partial charge on any atom is 0.316 e. The molecule has 1 amide bonds. The lowest BCUT2D eigenvalue weighted by atomic mass is 10.3. The van der Waals surface area contributed by atoms with E-state index in [2.05, 4.69) is 42.1 Å². The van der Waals surface area contributed by atoms with Crippen molar-refractivity contribution in [2.75, 3.05) is 20.3 Å². The summed E-state index contributed by atoms with van der Waals surface area (Å²) < 4.78 is 22.7. The largest absolute Gasteiger partial charge is 0.493 e. The van der Waals surface area contributed by atoms with E-state index in [1.165, 1.54) is 7.11 Å². The van der Waals surface area contributed by atoms with E-state index in [-0.39, 0.29) is 36.7 Å². The molecule has 3 rings (SSSR count). The number of amides is 1. The first kappa shape index (κ1) is 20.3. The van der Waals surface area contributed by atoms with E-state index in [0.717, 1.165) is 4.47 Å². The smallest absolute Gasteiger partial charge is 0.316 e. The Balaban J connectivity index is 1.71. The van der Waals surface area contributed by atoms with Crippen molar-refractivity contribution in [2.45, 2.75) is 0 Å². The van der Waals surface area contributed by atoms with Gasteiger partial charge in [-0.15, -0.1) is 0 Å². The predicted molar refractivity (Wildman–Crippen MR) is 103 cm³/mol. The molecule has 2 aromatic heterocycles. The molecule has 0 spiro atoms. The lowest BCUT2D eigenvalue weighted by molar-refractivity contribution is 0.0988. The minimum Gasteiger partial charge on any atom is -0.493 e. The third-order valence-electron chi connectivity index (χ3n) is 3.32. The highest BCUT2D eigenvalue weighted by atomic mass is 79.9. The van der Waals surface area contributed by atoms with Crippen LogP contribution in [0, 0.1) is 6.20 Å². The van der Waals surface area contributed by atoms with Gasteiger partial charge in [0, 0.05) is 12.4 Å². The molecule has 29 heavy (non-hydrogen) atoms. The fourth-order valence-electron chi connectivity index (χ4n) is 2.06. The standard InChI is InChI=1S/C18H15BrN5O5/c1-26-12-4-2-3-5-13(12)29-14-10-21-16(15(20)25)24-17(14)27-6-7-28-18-22-8-11(19)9-23-18/h2-5,8-9H,6-7H2,1H3,(H2,20,25). The van der Waals surface area contributed by atoms with Gasteiger partial charge < -0.3 is 24.7 Å². The summed E-state index contributed by atoms with van der Waals surface area (Å²) in [4.78, 5) is 27.1. The SMILES string of the molecule is COc1ccccc1Oc1[c]nc(C(N)=O)nc1OCCOc1ncc(Br)cn1. The first-order chi connectivity index (χ1) is 14.1. The topological polar surface area (TPSA) is 132 Å². The third-order valence-corrected chi connectivity index (χ3v) is 3.73. The Kier molecular flexibility index (Phi) is 6.74. The third kappa shape index (κ3) is 5.51. The van der Waals surface area contributed by atoms with Crippen LogP contribution in [-0.2, 0) is 0 Å². The normalized spacial score (nSPS) is 10.3. The second-order valence-electron chi connectivity index (χ2n) is 5.29. The summed E-state index contributed by atoms with van der Waals surface area (Å²) in [5, 5.41) is 0. The van der Waals surface area contributed by atoms with Gasteiger partial charge in [-0.05, 0) is 28.1 Å². The molecule has 0 aliphatic heterocycles. The van der Waals surface area contributed by atoms with Crippen LogP contribution in [0.5, 0.6) is 29.1 Å². The molecule has 3 aromatic rings. The van der Waals surface area contributed by atoms with Crippen LogP contribution in [0.4, 0.5) is 0 Å². The molecule has 149 valence electrons. The first-order valence-electron chi connectivity index (χ1n) is 8.20. The van der Waals surface area contributed by atoms with Crippen LogP contribution >= 0.6 is 15.9 Å². The lowest BCUT2D eigenvalue weighted by Crippen LogP contribution is -2.17. The molecular weight excluding hydrogens is 446 g/mol. The van der Waals surface area contributed by atoms with Crippen molar-refractivity contribution in [3.63, 3.8) is 0 Å². The first-order valence-corrected chi connectivity index (χ1v) is 8.99. The second-order valence-corrected chi connectivity index (χ2v) is 6.21. The van der Waals surface area contributed by atoms with Crippen LogP contribution in [-0.4, -0.2) is 46.2 Å². The predicted octanol–water partition coefficient (Wildman–Crippen LogP) is 2.19. The van der Waals surface area contributed by atoms with Crippen molar-refractivity contribution < 1.29 is 23.7 Å². The fraction of sp³-hybridized carbons (Fsp3) is 0.167.